The summed E-state index contributed by atoms with van der Waals surface area (Å²) in [5.74, 6) is 1.15. The van der Waals surface area contributed by atoms with Crippen LogP contribution in [-0.4, -0.2) is 39.1 Å². The van der Waals surface area contributed by atoms with Gasteiger partial charge in [0.2, 0.25) is 0 Å². The summed E-state index contributed by atoms with van der Waals surface area (Å²) in [6.45, 7) is 9.69. The van der Waals surface area contributed by atoms with Crippen LogP contribution in [0, 0.1) is 0 Å². The minimum atomic E-state index is 0.750. The summed E-state index contributed by atoms with van der Waals surface area (Å²) in [7, 11) is 3.39. The zero-order chi connectivity index (χ0) is 25.1. The van der Waals surface area contributed by atoms with Gasteiger partial charge in [0, 0.05) is 17.2 Å². The number of thioether (sulfide) groups is 1. The predicted octanol–water partition coefficient (Wildman–Crippen LogP) is 6.25. The fourth-order valence-electron chi connectivity index (χ4n) is 3.12. The van der Waals surface area contributed by atoms with E-state index in [2.05, 4.69) is 84.7 Å². The zero-order valence-electron chi connectivity index (χ0n) is 20.9. The molecule has 1 aliphatic rings. The highest BCUT2D eigenvalue weighted by molar-refractivity contribution is 7.99. The van der Waals surface area contributed by atoms with E-state index in [9.17, 15) is 0 Å². The monoisotopic (exact) mass is 488 g/mol. The van der Waals surface area contributed by atoms with Gasteiger partial charge in [-0.05, 0) is 94.6 Å². The van der Waals surface area contributed by atoms with Gasteiger partial charge in [-0.2, -0.15) is 5.10 Å². The van der Waals surface area contributed by atoms with Gasteiger partial charge in [-0.15, -0.1) is 11.8 Å². The minimum absolute atomic E-state index is 0.750. The molecule has 7 heteroatoms. The first-order chi connectivity index (χ1) is 16.1. The molecule has 5 nitrogen and oxygen atoms in total. The Hall–Kier alpha value is -2.06. The first-order valence-electron chi connectivity index (χ1n) is 11.0. The topological polar surface area (TPSA) is 70.7 Å². The second-order valence-corrected chi connectivity index (χ2v) is 8.71. The number of carbonyl (C=O) groups is 1. The molecular formula is C26H40N4OS2. The number of benzene rings is 2. The molecule has 0 saturated carbocycles. The molecule has 2 aromatic carbocycles. The molecule has 3 N–H and O–H groups in total. The van der Waals surface area contributed by atoms with Crippen molar-refractivity contribution in [1.82, 2.24) is 4.72 Å². The van der Waals surface area contributed by atoms with Gasteiger partial charge in [0.05, 0.1) is 11.4 Å². The maximum Gasteiger partial charge on any atom is 0.116 e. The SMILES string of the molecule is C=NN(C1=C(C)CCc2ccccc21)c1ccc(SCCC)cc1.CC=O.CN.CNSC. The smallest absolute Gasteiger partial charge is 0.116 e. The van der Waals surface area contributed by atoms with E-state index in [0.717, 1.165) is 30.6 Å². The lowest BCUT2D eigenvalue weighted by atomic mass is 9.89. The Labute approximate surface area is 209 Å². The highest BCUT2D eigenvalue weighted by Crippen LogP contribution is 2.37. The molecule has 2 aromatic rings. The van der Waals surface area contributed by atoms with E-state index in [0.29, 0.717) is 0 Å². The third kappa shape index (κ3) is 10.6. The first-order valence-corrected chi connectivity index (χ1v) is 13.2. The van der Waals surface area contributed by atoms with E-state index in [4.69, 9.17) is 4.79 Å². The molecule has 0 atom stereocenters. The van der Waals surface area contributed by atoms with E-state index >= 15 is 0 Å². The minimum Gasteiger partial charge on any atom is -0.333 e. The predicted molar refractivity (Wildman–Crippen MR) is 151 cm³/mol. The summed E-state index contributed by atoms with van der Waals surface area (Å²) in [6, 6.07) is 17.3. The number of allylic oxidation sites excluding steroid dienone is 1. The van der Waals surface area contributed by atoms with Crippen molar-refractivity contribution in [2.75, 3.05) is 31.1 Å². The number of hydrogen-bond donors (Lipinski definition) is 2. The van der Waals surface area contributed by atoms with Crippen LogP contribution in [0.25, 0.3) is 5.70 Å². The largest absolute Gasteiger partial charge is 0.333 e. The molecule has 0 aromatic heterocycles. The summed E-state index contributed by atoms with van der Waals surface area (Å²) in [6.07, 6.45) is 6.10. The van der Waals surface area contributed by atoms with Gasteiger partial charge >= 0.3 is 0 Å². The molecule has 0 unspecified atom stereocenters. The Bertz CT molecular complexity index is 836. The quantitative estimate of drug-likeness (QED) is 0.158. The van der Waals surface area contributed by atoms with Gasteiger partial charge in [-0.3, -0.25) is 4.72 Å². The molecule has 0 spiro atoms. The third-order valence-corrected chi connectivity index (χ3v) is 6.18. The van der Waals surface area contributed by atoms with Gasteiger partial charge in [0.15, 0.2) is 0 Å². The van der Waals surface area contributed by atoms with Crippen LogP contribution in [0.1, 0.15) is 44.7 Å². The summed E-state index contributed by atoms with van der Waals surface area (Å²) < 4.78 is 2.85. The maximum absolute atomic E-state index is 8.81. The van der Waals surface area contributed by atoms with Crippen LogP contribution in [0.15, 0.2) is 64.1 Å². The van der Waals surface area contributed by atoms with Crippen LogP contribution >= 0.6 is 23.7 Å². The molecule has 182 valence electrons. The molecule has 0 amide bonds. The molecule has 3 rings (SSSR count). The number of rotatable bonds is 7. The van der Waals surface area contributed by atoms with Crippen molar-refractivity contribution in [3.8, 4) is 0 Å². The molecule has 0 radical (unpaired) electrons. The van der Waals surface area contributed by atoms with E-state index in [-0.39, 0.29) is 0 Å². The number of aldehydes is 1. The van der Waals surface area contributed by atoms with Crippen molar-refractivity contribution in [1.29, 1.82) is 0 Å². The average molecular weight is 489 g/mol. The Morgan fingerprint density at radius 2 is 1.73 bits per heavy atom. The van der Waals surface area contributed by atoms with Gasteiger partial charge in [0.1, 0.15) is 6.29 Å². The van der Waals surface area contributed by atoms with E-state index in [1.807, 2.05) is 30.1 Å². The summed E-state index contributed by atoms with van der Waals surface area (Å²) in [5.41, 5.74) is 10.8. The first kappa shape index (κ1) is 30.9. The normalized spacial score (nSPS) is 11.4. The Kier molecular flexibility index (Phi) is 18.2. The Morgan fingerprint density at radius 1 is 1.15 bits per heavy atom. The molecule has 1 aliphatic carbocycles. The highest BCUT2D eigenvalue weighted by Gasteiger charge is 2.22. The van der Waals surface area contributed by atoms with Gasteiger partial charge in [0.25, 0.3) is 0 Å². The van der Waals surface area contributed by atoms with Crippen LogP contribution in [-0.2, 0) is 11.2 Å². The van der Waals surface area contributed by atoms with Crippen LogP contribution in [0.2, 0.25) is 0 Å². The third-order valence-electron chi connectivity index (χ3n) is 4.56. The van der Waals surface area contributed by atoms with Crippen molar-refractivity contribution < 1.29 is 4.79 Å². The highest BCUT2D eigenvalue weighted by atomic mass is 32.2. The number of nitrogens with zero attached hydrogens (tertiary/aromatic N) is 2. The van der Waals surface area contributed by atoms with Crippen LogP contribution in [0.4, 0.5) is 5.69 Å². The summed E-state index contributed by atoms with van der Waals surface area (Å²) >= 11 is 3.50. The standard InChI is InChI=1S/C21H24N2S.C2H7NS.C2H4O.CH5N/c1-4-15-24-19-13-11-18(12-14-19)23(22-3)21-16(2)9-10-17-7-5-6-8-20(17)21;1-3-4-2;1-2-3;1-2/h5-8,11-14H,3-4,9-10,15H2,1-2H3;3H,1-2H3;2H,1H3;2H2,1H3. The lowest BCUT2D eigenvalue weighted by molar-refractivity contribution is -0.106. The fourth-order valence-corrected chi connectivity index (χ4v) is 3.89. The second-order valence-electron chi connectivity index (χ2n) is 6.73. The number of hydrazone groups is 1. The number of fused-ring (bicyclic) bond motifs is 1. The van der Waals surface area contributed by atoms with Crippen molar-refractivity contribution in [2.45, 2.75) is 44.9 Å². The molecule has 0 fully saturated rings. The number of aryl methyl sites for hydroxylation is 1. The van der Waals surface area contributed by atoms with Crippen molar-refractivity contribution >= 4 is 48.1 Å². The number of hydrogen-bond acceptors (Lipinski definition) is 7. The molecule has 0 saturated heterocycles. The van der Waals surface area contributed by atoms with Gasteiger partial charge in [-0.1, -0.05) is 43.1 Å². The molecule has 0 aliphatic heterocycles. The number of nitrogens with two attached hydrogens (primary N) is 1. The summed E-state index contributed by atoms with van der Waals surface area (Å²) in [4.78, 5) is 10.1. The number of carbonyl (C=O) groups excluding carboxylic acids is 1. The lowest BCUT2D eigenvalue weighted by Crippen LogP contribution is -2.19. The maximum atomic E-state index is 8.81. The van der Waals surface area contributed by atoms with E-state index in [1.165, 1.54) is 47.7 Å². The second kappa shape index (κ2) is 19.4. The van der Waals surface area contributed by atoms with Crippen molar-refractivity contribution in [3.63, 3.8) is 0 Å². The van der Waals surface area contributed by atoms with E-state index in [1.54, 1.807) is 11.9 Å². The average Bonchev–Trinajstić information content (AvgIpc) is 2.87. The van der Waals surface area contributed by atoms with Crippen LogP contribution < -0.4 is 15.5 Å². The number of anilines is 1. The number of nitrogens with one attached hydrogen (secondary N) is 1. The molecular weight excluding hydrogens is 448 g/mol. The lowest BCUT2D eigenvalue weighted by Gasteiger charge is -2.29. The van der Waals surface area contributed by atoms with Crippen LogP contribution in [0.5, 0.6) is 0 Å². The van der Waals surface area contributed by atoms with Crippen molar-refractivity contribution in [2.24, 2.45) is 10.8 Å². The molecule has 0 heterocycles. The zero-order valence-corrected chi connectivity index (χ0v) is 22.6. The fraction of sp³-hybridized carbons (Fsp3) is 0.385. The summed E-state index contributed by atoms with van der Waals surface area (Å²) in [5, 5.41) is 6.33. The Morgan fingerprint density at radius 3 is 2.24 bits per heavy atom. The van der Waals surface area contributed by atoms with Crippen molar-refractivity contribution in [3.05, 3.63) is 65.2 Å². The molecule has 33 heavy (non-hydrogen) atoms. The molecule has 0 bridgehead atoms. The van der Waals surface area contributed by atoms with Crippen LogP contribution in [0.3, 0.4) is 0 Å². The van der Waals surface area contributed by atoms with E-state index < -0.39 is 0 Å². The Balaban J connectivity index is 0.000000989. The van der Waals surface area contributed by atoms with Gasteiger partial charge in [-0.25, -0.2) is 5.01 Å². The van der Waals surface area contributed by atoms with Gasteiger partial charge < -0.3 is 10.5 Å².